The largest absolute Gasteiger partial charge is 0.412 e. The van der Waals surface area contributed by atoms with E-state index in [4.69, 9.17) is 82.0 Å². The Labute approximate surface area is 686 Å². The zero-order chi connectivity index (χ0) is 79.0. The van der Waals surface area contributed by atoms with E-state index in [9.17, 15) is 14.4 Å². The number of nitrogens with one attached hydrogen (secondary N) is 1. The number of fused-ring (bicyclic) bond motifs is 2. The van der Waals surface area contributed by atoms with Crippen molar-refractivity contribution in [1.29, 1.82) is 0 Å². The van der Waals surface area contributed by atoms with Gasteiger partial charge in [-0.3, -0.25) is 24.4 Å². The van der Waals surface area contributed by atoms with Crippen molar-refractivity contribution < 1.29 is 76.7 Å². The number of nitrogens with zero attached hydrogens (tertiary/aromatic N) is 11. The van der Waals surface area contributed by atoms with E-state index in [0.29, 0.717) is 148 Å². The van der Waals surface area contributed by atoms with Gasteiger partial charge in [0.25, 0.3) is 0 Å². The summed E-state index contributed by atoms with van der Waals surface area (Å²) < 4.78 is 75.4. The molecule has 0 aromatic carbocycles. The number of pyridine rings is 2. The monoisotopic (exact) mass is 1840 g/mol. The van der Waals surface area contributed by atoms with Crippen molar-refractivity contribution in [2.75, 3.05) is 145 Å². The van der Waals surface area contributed by atoms with Crippen molar-refractivity contribution in [3.63, 3.8) is 0 Å². The van der Waals surface area contributed by atoms with Crippen molar-refractivity contribution in [2.45, 2.75) is 177 Å². The molecule has 0 atom stereocenters. The number of rotatable bonds is 46. The van der Waals surface area contributed by atoms with Crippen LogP contribution in [0.5, 0.6) is 0 Å². The average molecular weight is 1840 g/mol. The van der Waals surface area contributed by atoms with Crippen LogP contribution < -0.4 is 16.0 Å². The first-order valence-electron chi connectivity index (χ1n) is 37.8. The Morgan fingerprint density at radius 3 is 1.23 bits per heavy atom. The Morgan fingerprint density at radius 2 is 0.910 bits per heavy atom. The molecule has 29 nitrogen and oxygen atoms in total. The molecule has 0 saturated heterocycles. The fraction of sp³-hybridized carbons (Fsp3) is 0.632. The molecule has 35 heteroatoms. The van der Waals surface area contributed by atoms with Gasteiger partial charge in [0.1, 0.15) is 76.3 Å². The van der Waals surface area contributed by atoms with E-state index in [1.165, 1.54) is 7.11 Å². The van der Waals surface area contributed by atoms with Crippen LogP contribution in [0.1, 0.15) is 85.1 Å². The highest BCUT2D eigenvalue weighted by Crippen LogP contribution is 2.46. The number of anilines is 2. The van der Waals surface area contributed by atoms with Gasteiger partial charge in [-0.1, -0.05) is 90.7 Å². The van der Waals surface area contributed by atoms with Gasteiger partial charge in [-0.15, -0.1) is 0 Å². The molecule has 7 aromatic heterocycles. The molecular formula is C76H123I2N13O16Si4. The van der Waals surface area contributed by atoms with Gasteiger partial charge in [0.05, 0.1) is 57.3 Å². The van der Waals surface area contributed by atoms with Gasteiger partial charge in [0.15, 0.2) is 46.6 Å². The second-order valence-corrected chi connectivity index (χ2v) is 57.5. The third-order valence-corrected chi connectivity index (χ3v) is 28.3. The lowest BCUT2D eigenvalue weighted by Gasteiger charge is -2.39. The standard InChI is InChI=1S/C39H60IN7O7Si2.C37H58IN5O8Si2.H3N.H2O/c1-49-17-18-54-39(33(48)25-53-28-50-2)13-11-29(12-14-39)35-34(40)38(46(26-51-19-21-55(3,4)5)27-52-20-22-56(6,7)8)47-37(45-35)31(24-44-47)30-9-10-32(43-23-30)36-41-15-16-42-36;1-46-15-16-51-37(32(45)24-50-27-47-2)13-11-28(12-14-37)34-33(38)36(42(25-48-17-19-52(3,4)5)26-49-18-20-53(6,7)8)43-35(41-34)31(22-40-43)29-9-10-30(23-44)39-21-29;;/h9-10,15-16,23-24,29H,11-14,17-22,25-28H2,1-8H3,(H,41,42);9-10,21-23,28H,11-20,24-27H2,1-8H3;1H3;1H2. The van der Waals surface area contributed by atoms with Gasteiger partial charge in [-0.05, 0) is 133 Å². The quantitative estimate of drug-likeness (QED) is 0.0118. The SMILES string of the molecule is COCCOC1(C(=O)COCOC)CCC(c2nc3c(-c4ccc(-c5ncc[nH]5)nc4)cnn3c(N(COCC[Si](C)(C)C)COCC[Si](C)(C)C)c2I)CC1.COCCOC1(C(=O)COCOC)CCC(c2nc3c(-c4ccc(C=O)nc4)cnn3c(N(COCC[Si](C)(C)C)COCC[Si](C)(C)C)c2I)CC1.N.O. The smallest absolute Gasteiger partial charge is 0.190 e. The summed E-state index contributed by atoms with van der Waals surface area (Å²) in [6.45, 7) is 33.6. The van der Waals surface area contributed by atoms with Crippen LogP contribution in [0.4, 0.5) is 11.6 Å². The minimum atomic E-state index is -1.31. The van der Waals surface area contributed by atoms with Crippen molar-refractivity contribution in [2.24, 2.45) is 0 Å². The van der Waals surface area contributed by atoms with Crippen LogP contribution in [0.2, 0.25) is 103 Å². The number of halogens is 2. The highest BCUT2D eigenvalue weighted by molar-refractivity contribution is 14.1. The number of ketones is 2. The third kappa shape index (κ3) is 27.9. The first-order chi connectivity index (χ1) is 52.0. The van der Waals surface area contributed by atoms with Gasteiger partial charge in [0, 0.05) is 146 Å². The van der Waals surface area contributed by atoms with E-state index in [-0.39, 0.29) is 61.8 Å². The number of methoxy groups -OCH3 is 4. The lowest BCUT2D eigenvalue weighted by molar-refractivity contribution is -0.160. The summed E-state index contributed by atoms with van der Waals surface area (Å²) in [5.41, 5.74) is 5.78. The number of hydrogen-bond donors (Lipinski definition) is 2. The third-order valence-electron chi connectivity index (χ3n) is 19.4. The molecule has 2 saturated carbocycles. The maximum absolute atomic E-state index is 13.6. The highest BCUT2D eigenvalue weighted by atomic mass is 127. The fourth-order valence-corrected chi connectivity index (χ4v) is 18.1. The van der Waals surface area contributed by atoms with Crippen LogP contribution in [-0.4, -0.2) is 251 Å². The lowest BCUT2D eigenvalue weighted by Crippen LogP contribution is -2.47. The second kappa shape index (κ2) is 45.0. The van der Waals surface area contributed by atoms with Crippen LogP contribution >= 0.6 is 45.2 Å². The Balaban J connectivity index is 0.000000341. The molecule has 2 aliphatic carbocycles. The van der Waals surface area contributed by atoms with E-state index in [0.717, 1.165) is 94.2 Å². The lowest BCUT2D eigenvalue weighted by atomic mass is 9.75. The molecule has 111 heavy (non-hydrogen) atoms. The molecule has 6 N–H and O–H groups in total. The van der Waals surface area contributed by atoms with Crippen LogP contribution in [0, 0.1) is 7.14 Å². The molecule has 7 aromatic rings. The summed E-state index contributed by atoms with van der Waals surface area (Å²) in [4.78, 5) is 70.1. The normalized spacial score (nSPS) is 17.6. The molecule has 2 fully saturated rings. The van der Waals surface area contributed by atoms with Gasteiger partial charge in [-0.25, -0.2) is 15.0 Å². The predicted octanol–water partition coefficient (Wildman–Crippen LogP) is 13.7. The molecule has 0 radical (unpaired) electrons. The van der Waals surface area contributed by atoms with Crippen LogP contribution in [0.15, 0.2) is 61.4 Å². The van der Waals surface area contributed by atoms with Crippen LogP contribution in [0.25, 0.3) is 45.1 Å². The molecule has 0 bridgehead atoms. The number of H-pyrrole nitrogens is 1. The fourth-order valence-electron chi connectivity index (χ4n) is 12.8. The molecule has 9 rings (SSSR count). The Morgan fingerprint density at radius 1 is 0.523 bits per heavy atom. The first kappa shape index (κ1) is 95.0. The molecule has 7 heterocycles. The Bertz CT molecular complexity index is 3910. The van der Waals surface area contributed by atoms with Crippen molar-refractivity contribution >= 4 is 118 Å². The average Bonchev–Trinajstić information content (AvgIpc) is 1.68. The molecular weight excluding hydrogens is 1720 g/mol. The predicted molar refractivity (Wildman–Crippen MR) is 460 cm³/mol. The van der Waals surface area contributed by atoms with Crippen molar-refractivity contribution in [3.05, 3.63) is 85.7 Å². The minimum Gasteiger partial charge on any atom is -0.412 e. The number of Topliss-reactive ketones (excluding diaryl/α,β-unsaturated/α-hetero) is 2. The van der Waals surface area contributed by atoms with Gasteiger partial charge in [0.2, 0.25) is 0 Å². The molecule has 0 unspecified atom stereocenters. The summed E-state index contributed by atoms with van der Waals surface area (Å²) in [6.07, 6.45) is 16.3. The van der Waals surface area contributed by atoms with E-state index in [1.54, 1.807) is 52.2 Å². The van der Waals surface area contributed by atoms with Gasteiger partial charge < -0.3 is 83.3 Å². The number of aromatic amines is 1. The van der Waals surface area contributed by atoms with E-state index >= 15 is 0 Å². The number of hydrogen-bond acceptors (Lipinski definition) is 25. The molecule has 0 spiro atoms. The zero-order valence-corrected chi connectivity index (χ0v) is 76.6. The summed E-state index contributed by atoms with van der Waals surface area (Å²) in [6, 6.07) is 11.8. The van der Waals surface area contributed by atoms with E-state index in [2.05, 4.69) is 148 Å². The zero-order valence-electron chi connectivity index (χ0n) is 68.3. The maximum atomic E-state index is 13.6. The summed E-state index contributed by atoms with van der Waals surface area (Å²) >= 11 is 4.82. The number of aldehydes is 1. The molecule has 0 aliphatic heterocycles. The van der Waals surface area contributed by atoms with Crippen molar-refractivity contribution in [1.82, 2.24) is 55.3 Å². The maximum Gasteiger partial charge on any atom is 0.190 e. The highest BCUT2D eigenvalue weighted by Gasteiger charge is 2.46. The van der Waals surface area contributed by atoms with Gasteiger partial charge >= 0.3 is 0 Å². The Hall–Kier alpha value is -4.87. The molecule has 2 aliphatic rings. The summed E-state index contributed by atoms with van der Waals surface area (Å²) in [7, 11) is 1.08. The number of carbonyl (C=O) groups excluding carboxylic acids is 3. The number of aromatic nitrogens is 10. The van der Waals surface area contributed by atoms with Crippen molar-refractivity contribution in [3.8, 4) is 33.8 Å². The molecule has 618 valence electrons. The van der Waals surface area contributed by atoms with E-state index < -0.39 is 43.5 Å². The second-order valence-electron chi connectivity index (χ2n) is 32.9. The van der Waals surface area contributed by atoms with Crippen LogP contribution in [0.3, 0.4) is 0 Å². The summed E-state index contributed by atoms with van der Waals surface area (Å²) in [5, 5.41) is 9.83. The summed E-state index contributed by atoms with van der Waals surface area (Å²) in [5.74, 6) is 2.34. The van der Waals surface area contributed by atoms with E-state index in [1.807, 2.05) is 39.6 Å². The minimum absolute atomic E-state index is 0. The number of carbonyl (C=O) groups is 3. The topological polar surface area (TPSA) is 350 Å². The first-order valence-corrected chi connectivity index (χ1v) is 54.7. The Kier molecular flexibility index (Phi) is 38.5. The number of ether oxygens (including phenoxy) is 12. The van der Waals surface area contributed by atoms with Crippen LogP contribution in [-0.2, 0) is 66.4 Å². The number of imidazole rings is 1. The van der Waals surface area contributed by atoms with Gasteiger partial charge in [-0.2, -0.15) is 19.2 Å². The molecule has 0 amide bonds.